The Morgan fingerprint density at radius 3 is 2.00 bits per heavy atom. The normalized spacial score (nSPS) is 21.5. The second kappa shape index (κ2) is 11.8. The van der Waals surface area contributed by atoms with Gasteiger partial charge in [-0.2, -0.15) is 0 Å². The molecule has 1 aromatic carbocycles. The number of carbonyl (C=O) groups excluding carboxylic acids is 1. The zero-order valence-electron chi connectivity index (χ0n) is 19.3. The van der Waals surface area contributed by atoms with Gasteiger partial charge in [-0.25, -0.2) is 0 Å². The summed E-state index contributed by atoms with van der Waals surface area (Å²) in [7, 11) is 0. The van der Waals surface area contributed by atoms with Crippen molar-refractivity contribution in [3.05, 3.63) is 23.8 Å². The van der Waals surface area contributed by atoms with E-state index in [9.17, 15) is 4.79 Å². The van der Waals surface area contributed by atoms with Crippen LogP contribution in [0.5, 0.6) is 0 Å². The molecule has 1 aromatic rings. The highest BCUT2D eigenvalue weighted by Crippen LogP contribution is 2.30. The molecule has 2 saturated carbocycles. The van der Waals surface area contributed by atoms with Crippen molar-refractivity contribution in [1.29, 1.82) is 0 Å². The second-order valence-corrected chi connectivity index (χ2v) is 9.88. The average Bonchev–Trinajstić information content (AvgIpc) is 2.82. The summed E-state index contributed by atoms with van der Waals surface area (Å²) in [6.07, 6.45) is 16.9. The van der Waals surface area contributed by atoms with Gasteiger partial charge in [-0.05, 0) is 69.8 Å². The molecule has 0 atom stereocenters. The fourth-order valence-corrected chi connectivity index (χ4v) is 5.48. The molecular weight excluding hydrogens is 384 g/mol. The lowest BCUT2D eigenvalue weighted by Gasteiger charge is -2.29. The van der Waals surface area contributed by atoms with Gasteiger partial charge in [0.05, 0.1) is 11.4 Å². The fraction of sp³-hybridized carbons (Fsp3) is 0.731. The molecule has 0 radical (unpaired) electrons. The van der Waals surface area contributed by atoms with Gasteiger partial charge in [-0.1, -0.05) is 44.9 Å². The second-order valence-electron chi connectivity index (χ2n) is 9.88. The number of hydrogen-bond donors (Lipinski definition) is 3. The Labute approximate surface area is 188 Å². The topological polar surface area (TPSA) is 56.4 Å². The van der Waals surface area contributed by atoms with Crippen LogP contribution in [-0.4, -0.2) is 49.1 Å². The van der Waals surface area contributed by atoms with E-state index in [1.165, 1.54) is 102 Å². The minimum Gasteiger partial charge on any atom is -0.381 e. The molecule has 172 valence electrons. The zero-order valence-corrected chi connectivity index (χ0v) is 19.3. The maximum Gasteiger partial charge on any atom is 0.251 e. The first-order valence-corrected chi connectivity index (χ1v) is 13.0. The van der Waals surface area contributed by atoms with Gasteiger partial charge in [-0.3, -0.25) is 4.79 Å². The molecular formula is C26H42N4O. The van der Waals surface area contributed by atoms with Crippen molar-refractivity contribution in [2.24, 2.45) is 0 Å². The monoisotopic (exact) mass is 426 g/mol. The van der Waals surface area contributed by atoms with Gasteiger partial charge in [-0.15, -0.1) is 0 Å². The Morgan fingerprint density at radius 1 is 0.774 bits per heavy atom. The number of rotatable bonds is 8. The highest BCUT2D eigenvalue weighted by Gasteiger charge is 2.19. The molecule has 5 nitrogen and oxygen atoms in total. The largest absolute Gasteiger partial charge is 0.381 e. The number of anilines is 2. The first-order chi connectivity index (χ1) is 15.3. The van der Waals surface area contributed by atoms with E-state index in [1.807, 2.05) is 6.07 Å². The number of likely N-dealkylation sites (tertiary alicyclic amines) is 1. The van der Waals surface area contributed by atoms with Gasteiger partial charge in [0.2, 0.25) is 0 Å². The number of nitrogens with zero attached hydrogens (tertiary/aromatic N) is 1. The molecule has 1 aliphatic heterocycles. The SMILES string of the molecule is O=C(NCCN1CCCCC1)c1ccc(NC2CCCCC2)c(NC2CCCCC2)c1. The van der Waals surface area contributed by atoms with Crippen molar-refractivity contribution in [3.8, 4) is 0 Å². The molecule has 0 spiro atoms. The standard InChI is InChI=1S/C26H42N4O/c31-26(27-16-19-30-17-8-3-9-18-30)21-14-15-24(28-22-10-4-1-5-11-22)25(20-21)29-23-12-6-2-7-13-23/h14-15,20,22-23,28-29H,1-13,16-19H2,(H,27,31). The van der Waals surface area contributed by atoms with Crippen LogP contribution in [-0.2, 0) is 0 Å². The summed E-state index contributed by atoms with van der Waals surface area (Å²) in [4.78, 5) is 15.3. The van der Waals surface area contributed by atoms with Crippen LogP contribution in [0, 0.1) is 0 Å². The van der Waals surface area contributed by atoms with Crippen molar-refractivity contribution in [2.45, 2.75) is 95.6 Å². The maximum atomic E-state index is 12.9. The Bertz CT molecular complexity index is 689. The Hall–Kier alpha value is -1.75. The maximum absolute atomic E-state index is 12.9. The van der Waals surface area contributed by atoms with E-state index in [1.54, 1.807) is 0 Å². The quantitative estimate of drug-likeness (QED) is 0.521. The molecule has 3 aliphatic rings. The molecule has 0 bridgehead atoms. The highest BCUT2D eigenvalue weighted by atomic mass is 16.1. The molecule has 1 heterocycles. The molecule has 2 aliphatic carbocycles. The number of nitrogens with one attached hydrogen (secondary N) is 3. The molecule has 3 fully saturated rings. The van der Waals surface area contributed by atoms with E-state index < -0.39 is 0 Å². The molecule has 31 heavy (non-hydrogen) atoms. The molecule has 1 amide bonds. The molecule has 3 N–H and O–H groups in total. The number of carbonyl (C=O) groups is 1. The lowest BCUT2D eigenvalue weighted by Crippen LogP contribution is -2.37. The van der Waals surface area contributed by atoms with Gasteiger partial charge in [0.1, 0.15) is 0 Å². The first-order valence-electron chi connectivity index (χ1n) is 13.0. The predicted molar refractivity (Wildman–Crippen MR) is 130 cm³/mol. The summed E-state index contributed by atoms with van der Waals surface area (Å²) in [6, 6.07) is 7.28. The van der Waals surface area contributed by atoms with Crippen molar-refractivity contribution < 1.29 is 4.79 Å². The lowest BCUT2D eigenvalue weighted by molar-refractivity contribution is 0.0946. The minimum atomic E-state index is 0.0490. The molecule has 4 rings (SSSR count). The van der Waals surface area contributed by atoms with Crippen LogP contribution in [0.4, 0.5) is 11.4 Å². The van der Waals surface area contributed by atoms with E-state index in [2.05, 4.69) is 33.0 Å². The number of amides is 1. The van der Waals surface area contributed by atoms with Crippen LogP contribution in [0.1, 0.15) is 93.8 Å². The highest BCUT2D eigenvalue weighted by molar-refractivity contribution is 5.96. The smallest absolute Gasteiger partial charge is 0.251 e. The molecule has 1 saturated heterocycles. The average molecular weight is 427 g/mol. The van der Waals surface area contributed by atoms with Gasteiger partial charge in [0, 0.05) is 30.7 Å². The van der Waals surface area contributed by atoms with Crippen LogP contribution in [0.15, 0.2) is 18.2 Å². The van der Waals surface area contributed by atoms with Crippen LogP contribution in [0.3, 0.4) is 0 Å². The van der Waals surface area contributed by atoms with E-state index in [0.717, 1.165) is 24.3 Å². The summed E-state index contributed by atoms with van der Waals surface area (Å²) >= 11 is 0. The Morgan fingerprint density at radius 2 is 1.35 bits per heavy atom. The Kier molecular flexibility index (Phi) is 8.51. The fourth-order valence-electron chi connectivity index (χ4n) is 5.48. The van der Waals surface area contributed by atoms with E-state index in [4.69, 9.17) is 0 Å². The number of benzene rings is 1. The lowest BCUT2D eigenvalue weighted by atomic mass is 9.94. The van der Waals surface area contributed by atoms with Crippen LogP contribution in [0.25, 0.3) is 0 Å². The van der Waals surface area contributed by atoms with Gasteiger partial charge in [0.15, 0.2) is 0 Å². The summed E-state index contributed by atoms with van der Waals surface area (Å²) in [5.41, 5.74) is 3.05. The van der Waals surface area contributed by atoms with Gasteiger partial charge < -0.3 is 20.9 Å². The van der Waals surface area contributed by atoms with Crippen LogP contribution >= 0.6 is 0 Å². The van der Waals surface area contributed by atoms with Crippen LogP contribution < -0.4 is 16.0 Å². The summed E-state index contributed by atoms with van der Waals surface area (Å²) < 4.78 is 0. The van der Waals surface area contributed by atoms with E-state index in [-0.39, 0.29) is 5.91 Å². The van der Waals surface area contributed by atoms with Crippen molar-refractivity contribution in [2.75, 3.05) is 36.8 Å². The minimum absolute atomic E-state index is 0.0490. The van der Waals surface area contributed by atoms with Crippen LogP contribution in [0.2, 0.25) is 0 Å². The Balaban J connectivity index is 1.39. The molecule has 0 unspecified atom stereocenters. The third-order valence-electron chi connectivity index (χ3n) is 7.37. The van der Waals surface area contributed by atoms with Crippen molar-refractivity contribution >= 4 is 17.3 Å². The third kappa shape index (κ3) is 6.86. The summed E-state index contributed by atoms with van der Waals surface area (Å²) in [5, 5.41) is 10.7. The zero-order chi connectivity index (χ0) is 21.3. The van der Waals surface area contributed by atoms with Gasteiger partial charge >= 0.3 is 0 Å². The predicted octanol–water partition coefficient (Wildman–Crippen LogP) is 5.39. The molecule has 5 heteroatoms. The molecule has 0 aromatic heterocycles. The van der Waals surface area contributed by atoms with Gasteiger partial charge in [0.25, 0.3) is 5.91 Å². The summed E-state index contributed by atoms with van der Waals surface area (Å²) in [5.74, 6) is 0.0490. The number of piperidine rings is 1. The van der Waals surface area contributed by atoms with Crippen molar-refractivity contribution in [3.63, 3.8) is 0 Å². The third-order valence-corrected chi connectivity index (χ3v) is 7.37. The van der Waals surface area contributed by atoms with Crippen molar-refractivity contribution in [1.82, 2.24) is 10.2 Å². The number of hydrogen-bond acceptors (Lipinski definition) is 4. The first kappa shape index (κ1) is 22.4. The van der Waals surface area contributed by atoms with E-state index in [0.29, 0.717) is 12.1 Å². The van der Waals surface area contributed by atoms with E-state index >= 15 is 0 Å². The summed E-state index contributed by atoms with van der Waals surface area (Å²) in [6.45, 7) is 4.03.